The predicted octanol–water partition coefficient (Wildman–Crippen LogP) is 2.44. The number of piperidine rings is 1. The molecular formula is C14H22BrN3. The van der Waals surface area contributed by atoms with E-state index in [-0.39, 0.29) is 0 Å². The largest absolute Gasteiger partial charge is 0.370 e. The van der Waals surface area contributed by atoms with Gasteiger partial charge in [-0.3, -0.25) is 0 Å². The van der Waals surface area contributed by atoms with E-state index in [1.54, 1.807) is 0 Å². The number of hydrogen-bond donors (Lipinski definition) is 1. The Morgan fingerprint density at radius 2 is 2.28 bits per heavy atom. The molecule has 1 aromatic rings. The molecule has 1 fully saturated rings. The summed E-state index contributed by atoms with van der Waals surface area (Å²) in [7, 11) is 4.38. The van der Waals surface area contributed by atoms with Crippen molar-refractivity contribution in [2.45, 2.75) is 25.4 Å². The van der Waals surface area contributed by atoms with Crippen LogP contribution in [0.3, 0.4) is 0 Å². The van der Waals surface area contributed by atoms with Gasteiger partial charge in [-0.05, 0) is 44.1 Å². The summed E-state index contributed by atoms with van der Waals surface area (Å²) in [6.45, 7) is 2.94. The molecule has 0 saturated carbocycles. The summed E-state index contributed by atoms with van der Waals surface area (Å²) in [5, 5.41) is 0. The first-order valence-electron chi connectivity index (χ1n) is 6.51. The van der Waals surface area contributed by atoms with E-state index in [0.717, 1.165) is 11.0 Å². The Balaban J connectivity index is 2.21. The minimum absolute atomic E-state index is 0.586. The predicted molar refractivity (Wildman–Crippen MR) is 81.0 cm³/mol. The fourth-order valence-electron chi connectivity index (χ4n) is 2.69. The number of nitrogens with two attached hydrogens (primary N) is 1. The van der Waals surface area contributed by atoms with Gasteiger partial charge in [-0.25, -0.2) is 0 Å². The van der Waals surface area contributed by atoms with Crippen LogP contribution < -0.4 is 10.6 Å². The van der Waals surface area contributed by atoms with Crippen LogP contribution in [0.4, 0.5) is 5.69 Å². The summed E-state index contributed by atoms with van der Waals surface area (Å²) in [5.74, 6) is 0. The van der Waals surface area contributed by atoms with E-state index in [0.29, 0.717) is 12.6 Å². The maximum Gasteiger partial charge on any atom is 0.0423 e. The lowest BCUT2D eigenvalue weighted by atomic mass is 10.0. The number of likely N-dealkylation sites (N-methyl/N-ethyl adjacent to an activating group) is 2. The Labute approximate surface area is 118 Å². The smallest absolute Gasteiger partial charge is 0.0423 e. The minimum Gasteiger partial charge on any atom is -0.370 e. The Bertz CT molecular complexity index is 408. The molecule has 1 saturated heterocycles. The van der Waals surface area contributed by atoms with Crippen LogP contribution in [0.5, 0.6) is 0 Å². The van der Waals surface area contributed by atoms with Crippen molar-refractivity contribution in [1.29, 1.82) is 0 Å². The van der Waals surface area contributed by atoms with Crippen molar-refractivity contribution in [2.75, 3.05) is 32.1 Å². The lowest BCUT2D eigenvalue weighted by Gasteiger charge is -2.38. The molecule has 1 aliphatic heterocycles. The van der Waals surface area contributed by atoms with E-state index < -0.39 is 0 Å². The van der Waals surface area contributed by atoms with Crippen LogP contribution in [-0.2, 0) is 6.54 Å². The number of likely N-dealkylation sites (tertiary alicyclic amines) is 1. The zero-order chi connectivity index (χ0) is 13.1. The molecule has 100 valence electrons. The van der Waals surface area contributed by atoms with Crippen molar-refractivity contribution in [3.63, 3.8) is 0 Å². The standard InChI is InChI=1S/C14H22BrN3/c1-17-7-3-4-13(10-17)18(2)14-8-12(15)6-5-11(14)9-16/h5-6,8,13H,3-4,7,9-10,16H2,1-2H3. The number of hydrogen-bond acceptors (Lipinski definition) is 3. The van der Waals surface area contributed by atoms with E-state index in [2.05, 4.69) is 58.0 Å². The van der Waals surface area contributed by atoms with Crippen molar-refractivity contribution in [3.05, 3.63) is 28.2 Å². The van der Waals surface area contributed by atoms with Gasteiger partial charge in [0.05, 0.1) is 0 Å². The Kier molecular flexibility index (Phi) is 4.65. The molecule has 0 aliphatic carbocycles. The second kappa shape index (κ2) is 6.04. The van der Waals surface area contributed by atoms with Crippen molar-refractivity contribution in [2.24, 2.45) is 5.73 Å². The first-order valence-corrected chi connectivity index (χ1v) is 7.31. The molecule has 1 atom stereocenters. The van der Waals surface area contributed by atoms with Crippen molar-refractivity contribution in [3.8, 4) is 0 Å². The highest BCUT2D eigenvalue weighted by molar-refractivity contribution is 9.10. The lowest BCUT2D eigenvalue weighted by Crippen LogP contribution is -2.45. The van der Waals surface area contributed by atoms with E-state index in [9.17, 15) is 0 Å². The molecule has 1 heterocycles. The van der Waals surface area contributed by atoms with Crippen LogP contribution in [0.15, 0.2) is 22.7 Å². The molecule has 18 heavy (non-hydrogen) atoms. The monoisotopic (exact) mass is 311 g/mol. The summed E-state index contributed by atoms with van der Waals surface area (Å²) < 4.78 is 1.12. The van der Waals surface area contributed by atoms with Gasteiger partial charge in [-0.1, -0.05) is 22.0 Å². The molecule has 3 nitrogen and oxygen atoms in total. The normalized spacial score (nSPS) is 21.0. The van der Waals surface area contributed by atoms with Gasteiger partial charge in [0, 0.05) is 36.3 Å². The van der Waals surface area contributed by atoms with Crippen molar-refractivity contribution < 1.29 is 0 Å². The maximum atomic E-state index is 5.84. The van der Waals surface area contributed by atoms with Crippen LogP contribution in [-0.4, -0.2) is 38.1 Å². The third-order valence-electron chi connectivity index (χ3n) is 3.79. The fraction of sp³-hybridized carbons (Fsp3) is 0.571. The molecule has 1 aliphatic rings. The van der Waals surface area contributed by atoms with Crippen molar-refractivity contribution in [1.82, 2.24) is 4.90 Å². The van der Waals surface area contributed by atoms with Crippen LogP contribution in [0.2, 0.25) is 0 Å². The van der Waals surface area contributed by atoms with Crippen LogP contribution >= 0.6 is 15.9 Å². The fourth-order valence-corrected chi connectivity index (χ4v) is 3.04. The Hall–Kier alpha value is -0.580. The molecule has 0 amide bonds. The lowest BCUT2D eigenvalue weighted by molar-refractivity contribution is 0.248. The highest BCUT2D eigenvalue weighted by Gasteiger charge is 2.22. The highest BCUT2D eigenvalue weighted by Crippen LogP contribution is 2.27. The summed E-state index contributed by atoms with van der Waals surface area (Å²) in [6, 6.07) is 6.94. The molecule has 1 unspecified atom stereocenters. The number of benzene rings is 1. The molecule has 0 spiro atoms. The molecular weight excluding hydrogens is 290 g/mol. The van der Waals surface area contributed by atoms with Gasteiger partial charge in [0.15, 0.2) is 0 Å². The number of rotatable bonds is 3. The van der Waals surface area contributed by atoms with Crippen molar-refractivity contribution >= 4 is 21.6 Å². The number of nitrogens with zero attached hydrogens (tertiary/aromatic N) is 2. The van der Waals surface area contributed by atoms with E-state index in [1.807, 2.05) is 0 Å². The maximum absolute atomic E-state index is 5.84. The van der Waals surface area contributed by atoms with Gasteiger partial charge in [0.25, 0.3) is 0 Å². The molecule has 2 N–H and O–H groups in total. The van der Waals surface area contributed by atoms with Gasteiger partial charge in [-0.2, -0.15) is 0 Å². The van der Waals surface area contributed by atoms with Gasteiger partial charge in [0.1, 0.15) is 0 Å². The van der Waals surface area contributed by atoms with Crippen LogP contribution in [0.25, 0.3) is 0 Å². The van der Waals surface area contributed by atoms with Gasteiger partial charge in [-0.15, -0.1) is 0 Å². The number of anilines is 1. The molecule has 0 bridgehead atoms. The summed E-state index contributed by atoms with van der Waals surface area (Å²) >= 11 is 3.55. The van der Waals surface area contributed by atoms with E-state index in [4.69, 9.17) is 5.73 Å². The Morgan fingerprint density at radius 3 is 2.94 bits per heavy atom. The average molecular weight is 312 g/mol. The molecule has 2 rings (SSSR count). The third kappa shape index (κ3) is 3.05. The second-order valence-corrected chi connectivity index (χ2v) is 6.06. The molecule has 0 aromatic heterocycles. The first kappa shape index (κ1) is 13.8. The summed E-state index contributed by atoms with van der Waals surface area (Å²) in [4.78, 5) is 4.80. The van der Waals surface area contributed by atoms with Gasteiger partial charge >= 0.3 is 0 Å². The minimum atomic E-state index is 0.586. The summed E-state index contributed by atoms with van der Waals surface area (Å²) in [6.07, 6.45) is 2.54. The van der Waals surface area contributed by atoms with Crippen LogP contribution in [0, 0.1) is 0 Å². The zero-order valence-corrected chi connectivity index (χ0v) is 12.8. The van der Waals surface area contributed by atoms with E-state index in [1.165, 1.54) is 30.6 Å². The highest BCUT2D eigenvalue weighted by atomic mass is 79.9. The van der Waals surface area contributed by atoms with E-state index >= 15 is 0 Å². The Morgan fingerprint density at radius 1 is 1.50 bits per heavy atom. The number of halogens is 1. The quantitative estimate of drug-likeness (QED) is 0.930. The second-order valence-electron chi connectivity index (χ2n) is 5.15. The van der Waals surface area contributed by atoms with Crippen LogP contribution in [0.1, 0.15) is 18.4 Å². The summed E-state index contributed by atoms with van der Waals surface area (Å²) in [5.41, 5.74) is 8.32. The average Bonchev–Trinajstić information content (AvgIpc) is 2.38. The topological polar surface area (TPSA) is 32.5 Å². The molecule has 0 radical (unpaired) electrons. The third-order valence-corrected chi connectivity index (χ3v) is 4.29. The molecule has 4 heteroatoms. The zero-order valence-electron chi connectivity index (χ0n) is 11.2. The first-order chi connectivity index (χ1) is 8.61. The molecule has 1 aromatic carbocycles. The SMILES string of the molecule is CN1CCCC(N(C)c2cc(Br)ccc2CN)C1. The van der Waals surface area contributed by atoms with Gasteiger partial charge in [0.2, 0.25) is 0 Å². The van der Waals surface area contributed by atoms with Gasteiger partial charge < -0.3 is 15.5 Å².